The second kappa shape index (κ2) is 15.1. The van der Waals surface area contributed by atoms with Crippen LogP contribution in [0.4, 0.5) is 10.5 Å². The van der Waals surface area contributed by atoms with Crippen LogP contribution in [-0.2, 0) is 29.0 Å². The highest BCUT2D eigenvalue weighted by molar-refractivity contribution is 7.90. The quantitative estimate of drug-likeness (QED) is 0.277. The van der Waals surface area contributed by atoms with E-state index in [0.717, 1.165) is 5.56 Å². The van der Waals surface area contributed by atoms with Gasteiger partial charge in [-0.2, -0.15) is 0 Å². The van der Waals surface area contributed by atoms with Crippen molar-refractivity contribution in [3.05, 3.63) is 59.7 Å². The standard InChI is InChI=1S/C24H32N2O8S/c1-3-31-15-16-33-18-17-32-13-4-14-34-23(27)20-7-9-21(10-8-20)25-24(28)26-35(29,30)22-11-5-19(2)6-12-22/h5-12H,3-4,13-18H2,1-2H3,(H2,25,26,28). The summed E-state index contributed by atoms with van der Waals surface area (Å²) in [5, 5.41) is 2.42. The molecule has 192 valence electrons. The summed E-state index contributed by atoms with van der Waals surface area (Å²) < 4.78 is 47.6. The SMILES string of the molecule is CCOCCOCCOCCCOC(=O)c1ccc(NC(=O)NS(=O)(=O)c2ccc(C)cc2)cc1. The van der Waals surface area contributed by atoms with Crippen molar-refractivity contribution in [1.82, 2.24) is 4.72 Å². The van der Waals surface area contributed by atoms with E-state index < -0.39 is 22.0 Å². The van der Waals surface area contributed by atoms with Crippen LogP contribution in [0.15, 0.2) is 53.4 Å². The molecule has 10 nitrogen and oxygen atoms in total. The van der Waals surface area contributed by atoms with Crippen molar-refractivity contribution in [2.75, 3.05) is 51.6 Å². The maximum atomic E-state index is 12.3. The molecular formula is C24H32N2O8S. The van der Waals surface area contributed by atoms with Gasteiger partial charge in [-0.3, -0.25) is 0 Å². The van der Waals surface area contributed by atoms with Gasteiger partial charge >= 0.3 is 12.0 Å². The lowest BCUT2D eigenvalue weighted by atomic mass is 10.2. The van der Waals surface area contributed by atoms with Crippen LogP contribution in [0.5, 0.6) is 0 Å². The Morgan fingerprint density at radius 3 is 2.03 bits per heavy atom. The van der Waals surface area contributed by atoms with E-state index in [4.69, 9.17) is 18.9 Å². The predicted octanol–water partition coefficient (Wildman–Crippen LogP) is 3.12. The molecule has 0 fully saturated rings. The molecule has 0 saturated carbocycles. The van der Waals surface area contributed by atoms with Gasteiger partial charge in [0.1, 0.15) is 0 Å². The number of urea groups is 1. The van der Waals surface area contributed by atoms with Crippen LogP contribution >= 0.6 is 0 Å². The van der Waals surface area contributed by atoms with E-state index in [9.17, 15) is 18.0 Å². The Kier molecular flexibility index (Phi) is 12.2. The Labute approximate surface area is 206 Å². The van der Waals surface area contributed by atoms with Crippen LogP contribution < -0.4 is 10.0 Å². The number of benzene rings is 2. The molecule has 0 bridgehead atoms. The van der Waals surface area contributed by atoms with Crippen molar-refractivity contribution in [3.63, 3.8) is 0 Å². The number of carbonyl (C=O) groups is 2. The number of aryl methyl sites for hydroxylation is 1. The molecule has 2 amide bonds. The van der Waals surface area contributed by atoms with E-state index in [-0.39, 0.29) is 11.5 Å². The normalized spacial score (nSPS) is 11.1. The van der Waals surface area contributed by atoms with Crippen molar-refractivity contribution >= 4 is 27.7 Å². The van der Waals surface area contributed by atoms with E-state index in [1.54, 1.807) is 12.1 Å². The summed E-state index contributed by atoms with van der Waals surface area (Å²) in [5.74, 6) is -0.512. The zero-order valence-electron chi connectivity index (χ0n) is 19.9. The molecule has 0 aliphatic rings. The first-order chi connectivity index (χ1) is 16.8. The summed E-state index contributed by atoms with van der Waals surface area (Å²) in [6, 6.07) is 11.1. The summed E-state index contributed by atoms with van der Waals surface area (Å²) in [6.45, 7) is 7.07. The number of hydrogen-bond donors (Lipinski definition) is 2. The number of rotatable bonds is 15. The maximum absolute atomic E-state index is 12.3. The molecule has 11 heteroatoms. The number of carbonyl (C=O) groups excluding carboxylic acids is 2. The Hall–Kier alpha value is -2.99. The lowest BCUT2D eigenvalue weighted by molar-refractivity contribution is 0.0121. The highest BCUT2D eigenvalue weighted by Crippen LogP contribution is 2.13. The van der Waals surface area contributed by atoms with Gasteiger partial charge in [0.2, 0.25) is 0 Å². The molecule has 0 atom stereocenters. The molecular weight excluding hydrogens is 476 g/mol. The molecule has 2 rings (SSSR count). The summed E-state index contributed by atoms with van der Waals surface area (Å²) in [7, 11) is -4.00. The summed E-state index contributed by atoms with van der Waals surface area (Å²) in [6.07, 6.45) is 0.542. The molecule has 2 N–H and O–H groups in total. The summed E-state index contributed by atoms with van der Waals surface area (Å²) in [4.78, 5) is 24.2. The van der Waals surface area contributed by atoms with Gasteiger partial charge in [-0.15, -0.1) is 0 Å². The third-order valence-electron chi connectivity index (χ3n) is 4.55. The average Bonchev–Trinajstić information content (AvgIpc) is 2.82. The maximum Gasteiger partial charge on any atom is 0.338 e. The van der Waals surface area contributed by atoms with Crippen LogP contribution in [0.2, 0.25) is 0 Å². The van der Waals surface area contributed by atoms with E-state index in [1.807, 2.05) is 18.6 Å². The van der Waals surface area contributed by atoms with Gasteiger partial charge in [-0.25, -0.2) is 22.7 Å². The van der Waals surface area contributed by atoms with E-state index >= 15 is 0 Å². The molecule has 0 aliphatic heterocycles. The lowest BCUT2D eigenvalue weighted by Gasteiger charge is -2.10. The fraction of sp³-hybridized carbons (Fsp3) is 0.417. The van der Waals surface area contributed by atoms with Crippen LogP contribution in [0.1, 0.15) is 29.3 Å². The van der Waals surface area contributed by atoms with Crippen molar-refractivity contribution in [2.45, 2.75) is 25.2 Å². The second-order valence-electron chi connectivity index (χ2n) is 7.36. The highest BCUT2D eigenvalue weighted by atomic mass is 32.2. The topological polar surface area (TPSA) is 129 Å². The minimum Gasteiger partial charge on any atom is -0.462 e. The Morgan fingerprint density at radius 2 is 1.40 bits per heavy atom. The Balaban J connectivity index is 1.66. The van der Waals surface area contributed by atoms with Crippen LogP contribution in [-0.4, -0.2) is 66.7 Å². The smallest absolute Gasteiger partial charge is 0.338 e. The van der Waals surface area contributed by atoms with Crippen LogP contribution in [0.3, 0.4) is 0 Å². The first-order valence-corrected chi connectivity index (χ1v) is 12.7. The molecule has 0 radical (unpaired) electrons. The Morgan fingerprint density at radius 1 is 0.800 bits per heavy atom. The van der Waals surface area contributed by atoms with Gasteiger partial charge in [0, 0.05) is 25.3 Å². The molecule has 2 aromatic rings. The average molecular weight is 509 g/mol. The highest BCUT2D eigenvalue weighted by Gasteiger charge is 2.17. The van der Waals surface area contributed by atoms with Gasteiger partial charge in [0.25, 0.3) is 10.0 Å². The molecule has 0 unspecified atom stereocenters. The van der Waals surface area contributed by atoms with Crippen LogP contribution in [0, 0.1) is 6.92 Å². The second-order valence-corrected chi connectivity index (χ2v) is 9.04. The fourth-order valence-corrected chi connectivity index (χ4v) is 3.65. The molecule has 0 aliphatic carbocycles. The number of anilines is 1. The number of nitrogens with one attached hydrogen (secondary N) is 2. The largest absolute Gasteiger partial charge is 0.462 e. The molecule has 0 aromatic heterocycles. The van der Waals surface area contributed by atoms with Crippen molar-refractivity contribution in [1.29, 1.82) is 0 Å². The third-order valence-corrected chi connectivity index (χ3v) is 5.90. The van der Waals surface area contributed by atoms with Gasteiger partial charge in [0.15, 0.2) is 0 Å². The van der Waals surface area contributed by atoms with E-state index in [1.165, 1.54) is 36.4 Å². The minimum atomic E-state index is -4.00. The number of ether oxygens (including phenoxy) is 4. The van der Waals surface area contributed by atoms with Crippen LogP contribution in [0.25, 0.3) is 0 Å². The number of sulfonamides is 1. The van der Waals surface area contributed by atoms with Crippen molar-refractivity contribution in [2.24, 2.45) is 0 Å². The predicted molar refractivity (Wildman–Crippen MR) is 130 cm³/mol. The molecule has 35 heavy (non-hydrogen) atoms. The Bertz CT molecular complexity index is 1020. The molecule has 0 spiro atoms. The summed E-state index contributed by atoms with van der Waals surface area (Å²) >= 11 is 0. The lowest BCUT2D eigenvalue weighted by Crippen LogP contribution is -2.34. The minimum absolute atomic E-state index is 0.0208. The van der Waals surface area contributed by atoms with E-state index in [2.05, 4.69) is 5.32 Å². The first kappa shape index (κ1) is 28.2. The van der Waals surface area contributed by atoms with Gasteiger partial charge < -0.3 is 24.3 Å². The van der Waals surface area contributed by atoms with Crippen molar-refractivity contribution < 1.29 is 37.0 Å². The third kappa shape index (κ3) is 10.9. The van der Waals surface area contributed by atoms with Gasteiger partial charge in [-0.05, 0) is 50.2 Å². The molecule has 0 heterocycles. The van der Waals surface area contributed by atoms with E-state index in [0.29, 0.717) is 57.3 Å². The number of hydrogen-bond acceptors (Lipinski definition) is 8. The summed E-state index contributed by atoms with van der Waals surface area (Å²) in [5.41, 5.74) is 1.51. The first-order valence-electron chi connectivity index (χ1n) is 11.2. The number of esters is 1. The number of amides is 2. The zero-order chi connectivity index (χ0) is 25.5. The monoisotopic (exact) mass is 508 g/mol. The molecule has 2 aromatic carbocycles. The fourth-order valence-electron chi connectivity index (χ4n) is 2.74. The molecule has 0 saturated heterocycles. The van der Waals surface area contributed by atoms with Crippen molar-refractivity contribution in [3.8, 4) is 0 Å². The zero-order valence-corrected chi connectivity index (χ0v) is 20.8. The van der Waals surface area contributed by atoms with Gasteiger partial charge in [-0.1, -0.05) is 17.7 Å². The van der Waals surface area contributed by atoms with Gasteiger partial charge in [0.05, 0.1) is 43.5 Å².